The van der Waals surface area contributed by atoms with Crippen molar-refractivity contribution in [3.8, 4) is 0 Å². The normalized spacial score (nSPS) is 20.6. The highest BCUT2D eigenvalue weighted by Gasteiger charge is 2.33. The average molecular weight is 407 g/mol. The van der Waals surface area contributed by atoms with E-state index in [1.54, 1.807) is 0 Å². The van der Waals surface area contributed by atoms with E-state index in [2.05, 4.69) is 59.2 Å². The first-order chi connectivity index (χ1) is 14.7. The van der Waals surface area contributed by atoms with Gasteiger partial charge in [-0.3, -0.25) is 9.69 Å². The van der Waals surface area contributed by atoms with Crippen molar-refractivity contribution in [3.05, 3.63) is 71.3 Å². The van der Waals surface area contributed by atoms with Gasteiger partial charge >= 0.3 is 0 Å². The SMILES string of the molecule is Cc1cccc(CC(=O)N2CCC(N3CCC[C@@H]3COCc3ccccc3)CC2)c1. The van der Waals surface area contributed by atoms with Crippen LogP contribution in [0.1, 0.15) is 42.4 Å². The molecular weight excluding hydrogens is 372 g/mol. The lowest BCUT2D eigenvalue weighted by Crippen LogP contribution is -2.49. The van der Waals surface area contributed by atoms with Crippen LogP contribution in [-0.4, -0.2) is 54.0 Å². The summed E-state index contributed by atoms with van der Waals surface area (Å²) in [5, 5.41) is 0. The third-order valence-corrected chi connectivity index (χ3v) is 6.57. The lowest BCUT2D eigenvalue weighted by Gasteiger charge is -2.39. The fraction of sp³-hybridized carbons (Fsp3) is 0.500. The maximum Gasteiger partial charge on any atom is 0.226 e. The summed E-state index contributed by atoms with van der Waals surface area (Å²) in [5.74, 6) is 0.267. The zero-order valence-corrected chi connectivity index (χ0v) is 18.1. The number of likely N-dealkylation sites (tertiary alicyclic amines) is 2. The molecule has 2 saturated heterocycles. The van der Waals surface area contributed by atoms with Crippen molar-refractivity contribution in [2.45, 2.75) is 57.7 Å². The lowest BCUT2D eigenvalue weighted by molar-refractivity contribution is -0.132. The summed E-state index contributed by atoms with van der Waals surface area (Å²) >= 11 is 0. The van der Waals surface area contributed by atoms with Crippen LogP contribution in [0.2, 0.25) is 0 Å². The molecule has 0 bridgehead atoms. The van der Waals surface area contributed by atoms with Gasteiger partial charge in [-0.05, 0) is 50.3 Å². The van der Waals surface area contributed by atoms with Gasteiger partial charge in [0.25, 0.3) is 0 Å². The summed E-state index contributed by atoms with van der Waals surface area (Å²) in [6, 6.07) is 19.8. The van der Waals surface area contributed by atoms with Crippen molar-refractivity contribution in [1.82, 2.24) is 9.80 Å². The number of carbonyl (C=O) groups excluding carboxylic acids is 1. The van der Waals surface area contributed by atoms with E-state index in [9.17, 15) is 4.79 Å². The molecule has 4 heteroatoms. The first-order valence-corrected chi connectivity index (χ1v) is 11.4. The molecular formula is C26H34N2O2. The Morgan fingerprint density at radius 3 is 2.50 bits per heavy atom. The van der Waals surface area contributed by atoms with Crippen molar-refractivity contribution in [3.63, 3.8) is 0 Å². The summed E-state index contributed by atoms with van der Waals surface area (Å²) < 4.78 is 6.05. The zero-order valence-electron chi connectivity index (χ0n) is 18.1. The van der Waals surface area contributed by atoms with Crippen molar-refractivity contribution in [2.24, 2.45) is 0 Å². The van der Waals surface area contributed by atoms with Gasteiger partial charge in [0, 0.05) is 25.2 Å². The molecule has 0 spiro atoms. The fourth-order valence-electron chi connectivity index (χ4n) is 4.96. The number of hydrogen-bond acceptors (Lipinski definition) is 3. The highest BCUT2D eigenvalue weighted by Crippen LogP contribution is 2.26. The third-order valence-electron chi connectivity index (χ3n) is 6.57. The first kappa shape index (κ1) is 21.1. The van der Waals surface area contributed by atoms with Gasteiger partial charge in [0.2, 0.25) is 5.91 Å². The Morgan fingerprint density at radius 2 is 1.73 bits per heavy atom. The largest absolute Gasteiger partial charge is 0.375 e. The number of rotatable bonds is 7. The minimum atomic E-state index is 0.267. The summed E-state index contributed by atoms with van der Waals surface area (Å²) in [6.45, 7) is 6.50. The van der Waals surface area contributed by atoms with Crippen LogP contribution in [-0.2, 0) is 22.6 Å². The minimum Gasteiger partial charge on any atom is -0.375 e. The van der Waals surface area contributed by atoms with Crippen LogP contribution < -0.4 is 0 Å². The topological polar surface area (TPSA) is 32.8 Å². The second-order valence-electron chi connectivity index (χ2n) is 8.81. The average Bonchev–Trinajstić information content (AvgIpc) is 3.23. The number of piperidine rings is 1. The van der Waals surface area contributed by atoms with Crippen molar-refractivity contribution in [1.29, 1.82) is 0 Å². The van der Waals surface area contributed by atoms with Crippen molar-refractivity contribution in [2.75, 3.05) is 26.2 Å². The number of nitrogens with zero attached hydrogens (tertiary/aromatic N) is 2. The Hall–Kier alpha value is -2.17. The molecule has 0 N–H and O–H groups in total. The molecule has 2 heterocycles. The summed E-state index contributed by atoms with van der Waals surface area (Å²) in [7, 11) is 0. The third kappa shape index (κ3) is 5.50. The molecule has 30 heavy (non-hydrogen) atoms. The second kappa shape index (κ2) is 10.2. The molecule has 2 aliphatic rings. The van der Waals surface area contributed by atoms with E-state index in [0.29, 0.717) is 25.1 Å². The van der Waals surface area contributed by atoms with Gasteiger partial charge < -0.3 is 9.64 Å². The van der Waals surface area contributed by atoms with Gasteiger partial charge in [-0.25, -0.2) is 0 Å². The molecule has 1 atom stereocenters. The molecule has 0 unspecified atom stereocenters. The molecule has 2 aromatic carbocycles. The standard InChI is InChI=1S/C26H34N2O2/c1-21-7-5-10-23(17-21)18-26(29)27-15-12-24(13-16-27)28-14-6-11-25(28)20-30-19-22-8-3-2-4-9-22/h2-5,7-10,17,24-25H,6,11-16,18-20H2,1H3/t25-/m1/s1. The predicted octanol–water partition coefficient (Wildman–Crippen LogP) is 4.21. The number of carbonyl (C=O) groups is 1. The van der Waals surface area contributed by atoms with E-state index < -0.39 is 0 Å². The molecule has 0 aliphatic carbocycles. The van der Waals surface area contributed by atoms with E-state index in [1.807, 2.05) is 12.1 Å². The van der Waals surface area contributed by atoms with Gasteiger partial charge in [0.05, 0.1) is 19.6 Å². The quantitative estimate of drug-likeness (QED) is 0.691. The number of aryl methyl sites for hydroxylation is 1. The highest BCUT2D eigenvalue weighted by atomic mass is 16.5. The highest BCUT2D eigenvalue weighted by molar-refractivity contribution is 5.78. The maximum absolute atomic E-state index is 12.7. The van der Waals surface area contributed by atoms with E-state index in [4.69, 9.17) is 4.74 Å². The molecule has 2 aromatic rings. The smallest absolute Gasteiger partial charge is 0.226 e. The van der Waals surface area contributed by atoms with E-state index >= 15 is 0 Å². The Balaban J connectivity index is 1.23. The lowest BCUT2D eigenvalue weighted by atomic mass is 10.0. The summed E-state index contributed by atoms with van der Waals surface area (Å²) in [5.41, 5.74) is 3.58. The van der Waals surface area contributed by atoms with Gasteiger partial charge in [0.15, 0.2) is 0 Å². The number of amides is 1. The van der Waals surface area contributed by atoms with Crippen LogP contribution in [0.15, 0.2) is 54.6 Å². The molecule has 4 nitrogen and oxygen atoms in total. The molecule has 4 rings (SSSR count). The number of hydrogen-bond donors (Lipinski definition) is 0. The fourth-order valence-corrected chi connectivity index (χ4v) is 4.96. The molecule has 160 valence electrons. The molecule has 2 aliphatic heterocycles. The Labute approximate surface area is 180 Å². The first-order valence-electron chi connectivity index (χ1n) is 11.4. The van der Waals surface area contributed by atoms with Gasteiger partial charge in [0.1, 0.15) is 0 Å². The van der Waals surface area contributed by atoms with Gasteiger partial charge in [-0.15, -0.1) is 0 Å². The molecule has 0 aromatic heterocycles. The van der Waals surface area contributed by atoms with Gasteiger partial charge in [-0.1, -0.05) is 60.2 Å². The van der Waals surface area contributed by atoms with Crippen LogP contribution in [0.4, 0.5) is 0 Å². The van der Waals surface area contributed by atoms with E-state index in [0.717, 1.165) is 38.1 Å². The van der Waals surface area contributed by atoms with E-state index in [-0.39, 0.29) is 5.91 Å². The second-order valence-corrected chi connectivity index (χ2v) is 8.81. The predicted molar refractivity (Wildman–Crippen MR) is 120 cm³/mol. The molecule has 2 fully saturated rings. The molecule has 1 amide bonds. The van der Waals surface area contributed by atoms with Crippen LogP contribution in [0.5, 0.6) is 0 Å². The monoisotopic (exact) mass is 406 g/mol. The summed E-state index contributed by atoms with van der Waals surface area (Å²) in [4.78, 5) is 17.5. The van der Waals surface area contributed by atoms with Crippen LogP contribution in [0, 0.1) is 6.92 Å². The van der Waals surface area contributed by atoms with Crippen molar-refractivity contribution >= 4 is 5.91 Å². The zero-order chi connectivity index (χ0) is 20.8. The Morgan fingerprint density at radius 1 is 0.967 bits per heavy atom. The Bertz CT molecular complexity index is 815. The summed E-state index contributed by atoms with van der Waals surface area (Å²) in [6.07, 6.45) is 5.16. The van der Waals surface area contributed by atoms with Crippen molar-refractivity contribution < 1.29 is 9.53 Å². The molecule has 0 saturated carbocycles. The van der Waals surface area contributed by atoms with Crippen LogP contribution in [0.25, 0.3) is 0 Å². The van der Waals surface area contributed by atoms with Crippen LogP contribution >= 0.6 is 0 Å². The van der Waals surface area contributed by atoms with Crippen LogP contribution in [0.3, 0.4) is 0 Å². The number of ether oxygens (including phenoxy) is 1. The minimum absolute atomic E-state index is 0.267. The van der Waals surface area contributed by atoms with Gasteiger partial charge in [-0.2, -0.15) is 0 Å². The number of benzene rings is 2. The Kier molecular flexibility index (Phi) is 7.19. The molecule has 0 radical (unpaired) electrons. The maximum atomic E-state index is 12.7. The van der Waals surface area contributed by atoms with E-state index in [1.165, 1.54) is 30.5 Å².